The van der Waals surface area contributed by atoms with Gasteiger partial charge in [-0.2, -0.15) is 0 Å². The van der Waals surface area contributed by atoms with E-state index in [9.17, 15) is 0 Å². The van der Waals surface area contributed by atoms with Crippen molar-refractivity contribution < 1.29 is 9.47 Å². The van der Waals surface area contributed by atoms with Crippen LogP contribution in [0.2, 0.25) is 0 Å². The van der Waals surface area contributed by atoms with Crippen molar-refractivity contribution in [1.29, 1.82) is 0 Å². The summed E-state index contributed by atoms with van der Waals surface area (Å²) in [6.45, 7) is 3.04. The molecule has 0 radical (unpaired) electrons. The lowest BCUT2D eigenvalue weighted by atomic mass is 10.1. The van der Waals surface area contributed by atoms with Gasteiger partial charge in [-0.1, -0.05) is 6.07 Å². The van der Waals surface area contributed by atoms with Gasteiger partial charge in [-0.3, -0.25) is 0 Å². The van der Waals surface area contributed by atoms with Crippen molar-refractivity contribution in [1.82, 2.24) is 10.3 Å². The quantitative estimate of drug-likeness (QED) is 0.852. The minimum absolute atomic E-state index is 0.258. The Labute approximate surface area is 123 Å². The molecule has 0 amide bonds. The molecule has 0 saturated carbocycles. The molecule has 0 aliphatic carbocycles. The van der Waals surface area contributed by atoms with Crippen LogP contribution in [0.15, 0.2) is 29.1 Å². The van der Waals surface area contributed by atoms with E-state index in [2.05, 4.69) is 28.7 Å². The molecule has 1 unspecified atom stereocenters. The fourth-order valence-corrected chi connectivity index (χ4v) is 2.61. The summed E-state index contributed by atoms with van der Waals surface area (Å²) in [5.41, 5.74) is 4.19. The Bertz CT molecular complexity index is 529. The van der Waals surface area contributed by atoms with Gasteiger partial charge in [0.05, 0.1) is 25.4 Å². The van der Waals surface area contributed by atoms with Crippen LogP contribution in [0, 0.1) is 0 Å². The van der Waals surface area contributed by atoms with E-state index in [1.165, 1.54) is 5.56 Å². The Hall–Kier alpha value is -1.59. The first kappa shape index (κ1) is 14.8. The second kappa shape index (κ2) is 7.26. The number of rotatable bonds is 7. The van der Waals surface area contributed by atoms with Crippen LogP contribution in [-0.4, -0.2) is 25.7 Å². The number of aromatic nitrogens is 1. The van der Waals surface area contributed by atoms with Crippen LogP contribution >= 0.6 is 11.3 Å². The van der Waals surface area contributed by atoms with E-state index in [4.69, 9.17) is 9.47 Å². The van der Waals surface area contributed by atoms with Crippen LogP contribution < -0.4 is 14.8 Å². The summed E-state index contributed by atoms with van der Waals surface area (Å²) >= 11 is 1.63. The van der Waals surface area contributed by atoms with Gasteiger partial charge in [0.15, 0.2) is 11.5 Å². The average molecular weight is 292 g/mol. The molecule has 4 nitrogen and oxygen atoms in total. The van der Waals surface area contributed by atoms with E-state index in [1.54, 1.807) is 25.6 Å². The Morgan fingerprint density at radius 2 is 2.05 bits per heavy atom. The molecule has 108 valence electrons. The molecule has 1 heterocycles. The van der Waals surface area contributed by atoms with E-state index in [-0.39, 0.29) is 6.04 Å². The second-order valence-electron chi connectivity index (χ2n) is 4.52. The van der Waals surface area contributed by atoms with Crippen molar-refractivity contribution in [2.75, 3.05) is 20.8 Å². The third-order valence-electron chi connectivity index (χ3n) is 3.22. The molecular weight excluding hydrogens is 272 g/mol. The number of hydrogen-bond donors (Lipinski definition) is 1. The second-order valence-corrected chi connectivity index (χ2v) is 5.24. The first-order chi connectivity index (χ1) is 9.74. The van der Waals surface area contributed by atoms with Crippen molar-refractivity contribution in [2.24, 2.45) is 0 Å². The topological polar surface area (TPSA) is 43.4 Å². The van der Waals surface area contributed by atoms with Gasteiger partial charge >= 0.3 is 0 Å². The van der Waals surface area contributed by atoms with Crippen molar-refractivity contribution in [3.8, 4) is 11.5 Å². The summed E-state index contributed by atoms with van der Waals surface area (Å²) in [6.07, 6.45) is 0.946. The molecule has 0 saturated heterocycles. The van der Waals surface area contributed by atoms with E-state index in [0.29, 0.717) is 0 Å². The highest BCUT2D eigenvalue weighted by molar-refractivity contribution is 7.07. The maximum atomic E-state index is 5.33. The molecule has 1 aromatic carbocycles. The molecule has 0 bridgehead atoms. The molecule has 2 rings (SSSR count). The predicted octanol–water partition coefficient (Wildman–Crippen LogP) is 3.05. The van der Waals surface area contributed by atoms with Crippen molar-refractivity contribution >= 4 is 11.3 Å². The fourth-order valence-electron chi connectivity index (χ4n) is 2.02. The summed E-state index contributed by atoms with van der Waals surface area (Å²) in [5.74, 6) is 1.52. The van der Waals surface area contributed by atoms with Crippen LogP contribution in [0.3, 0.4) is 0 Å². The normalized spacial score (nSPS) is 12.2. The van der Waals surface area contributed by atoms with Gasteiger partial charge in [0.25, 0.3) is 0 Å². The number of benzene rings is 1. The Balaban J connectivity index is 1.93. The Kier molecular flexibility index (Phi) is 5.38. The molecule has 0 aliphatic rings. The van der Waals surface area contributed by atoms with Crippen molar-refractivity contribution in [3.05, 3.63) is 40.3 Å². The monoisotopic (exact) mass is 292 g/mol. The van der Waals surface area contributed by atoms with Crippen molar-refractivity contribution in [3.63, 3.8) is 0 Å². The van der Waals surface area contributed by atoms with Gasteiger partial charge in [0.1, 0.15) is 0 Å². The molecule has 0 aliphatic heterocycles. The average Bonchev–Trinajstić information content (AvgIpc) is 2.99. The van der Waals surface area contributed by atoms with Gasteiger partial charge in [-0.15, -0.1) is 11.3 Å². The number of ether oxygens (including phenoxy) is 2. The van der Waals surface area contributed by atoms with Gasteiger partial charge < -0.3 is 14.8 Å². The van der Waals surface area contributed by atoms with Gasteiger partial charge in [-0.05, 0) is 24.6 Å². The zero-order chi connectivity index (χ0) is 14.4. The number of hydrogen-bond acceptors (Lipinski definition) is 5. The standard InChI is InChI=1S/C15H20N2O2S/c1-11(16-7-6-13-9-20-10-17-13)12-4-5-14(18-2)15(8-12)19-3/h4-5,8-11,16H,6-7H2,1-3H3. The summed E-state index contributed by atoms with van der Waals surface area (Å²) in [6, 6.07) is 6.27. The molecule has 5 heteroatoms. The maximum absolute atomic E-state index is 5.33. The first-order valence-corrected chi connectivity index (χ1v) is 7.51. The minimum atomic E-state index is 0.258. The van der Waals surface area contributed by atoms with Gasteiger partial charge in [0.2, 0.25) is 0 Å². The lowest BCUT2D eigenvalue weighted by Gasteiger charge is -2.16. The molecule has 1 aromatic heterocycles. The maximum Gasteiger partial charge on any atom is 0.161 e. The van der Waals surface area contributed by atoms with E-state index in [0.717, 1.165) is 30.2 Å². The summed E-state index contributed by atoms with van der Waals surface area (Å²) < 4.78 is 10.6. The Morgan fingerprint density at radius 1 is 1.25 bits per heavy atom. The highest BCUT2D eigenvalue weighted by Crippen LogP contribution is 2.29. The van der Waals surface area contributed by atoms with Crippen LogP contribution in [0.25, 0.3) is 0 Å². The molecule has 2 aromatic rings. The third kappa shape index (κ3) is 3.71. The lowest BCUT2D eigenvalue weighted by Crippen LogP contribution is -2.21. The molecule has 1 atom stereocenters. The summed E-state index contributed by atoms with van der Waals surface area (Å²) in [7, 11) is 3.30. The third-order valence-corrected chi connectivity index (χ3v) is 3.86. The number of methoxy groups -OCH3 is 2. The zero-order valence-corrected chi connectivity index (χ0v) is 12.9. The molecule has 0 fully saturated rings. The van der Waals surface area contributed by atoms with E-state index in [1.807, 2.05) is 17.6 Å². The van der Waals surface area contributed by atoms with Crippen LogP contribution in [0.4, 0.5) is 0 Å². The molecule has 0 spiro atoms. The number of thiazole rings is 1. The largest absolute Gasteiger partial charge is 0.493 e. The zero-order valence-electron chi connectivity index (χ0n) is 12.1. The van der Waals surface area contributed by atoms with E-state index >= 15 is 0 Å². The summed E-state index contributed by atoms with van der Waals surface area (Å²) in [4.78, 5) is 4.28. The minimum Gasteiger partial charge on any atom is -0.493 e. The smallest absolute Gasteiger partial charge is 0.161 e. The first-order valence-electron chi connectivity index (χ1n) is 6.57. The van der Waals surface area contributed by atoms with Gasteiger partial charge in [-0.25, -0.2) is 4.98 Å². The SMILES string of the molecule is COc1ccc(C(C)NCCc2cscn2)cc1OC. The Morgan fingerprint density at radius 3 is 2.70 bits per heavy atom. The number of nitrogens with one attached hydrogen (secondary N) is 1. The molecule has 20 heavy (non-hydrogen) atoms. The number of nitrogens with zero attached hydrogens (tertiary/aromatic N) is 1. The summed E-state index contributed by atoms with van der Waals surface area (Å²) in [5, 5.41) is 5.58. The van der Waals surface area contributed by atoms with Crippen LogP contribution in [0.5, 0.6) is 11.5 Å². The molecular formula is C15H20N2O2S. The highest BCUT2D eigenvalue weighted by atomic mass is 32.1. The van der Waals surface area contributed by atoms with E-state index < -0.39 is 0 Å². The fraction of sp³-hybridized carbons (Fsp3) is 0.400. The lowest BCUT2D eigenvalue weighted by molar-refractivity contribution is 0.354. The van der Waals surface area contributed by atoms with Crippen LogP contribution in [-0.2, 0) is 6.42 Å². The van der Waals surface area contributed by atoms with Crippen molar-refractivity contribution in [2.45, 2.75) is 19.4 Å². The predicted molar refractivity (Wildman–Crippen MR) is 81.8 cm³/mol. The highest BCUT2D eigenvalue weighted by Gasteiger charge is 2.09. The molecule has 1 N–H and O–H groups in total. The van der Waals surface area contributed by atoms with Gasteiger partial charge in [0, 0.05) is 24.4 Å². The van der Waals surface area contributed by atoms with Crippen LogP contribution in [0.1, 0.15) is 24.2 Å².